The molecule has 0 aromatic heterocycles. The normalized spacial score (nSPS) is 11.5. The van der Waals surface area contributed by atoms with Gasteiger partial charge in [0.05, 0.1) is 25.7 Å². The van der Waals surface area contributed by atoms with E-state index >= 15 is 0 Å². The molecule has 13 heavy (non-hydrogen) atoms. The molecule has 0 fully saturated rings. The maximum absolute atomic E-state index is 11.2. The van der Waals surface area contributed by atoms with Gasteiger partial charge in [0, 0.05) is 7.05 Å². The van der Waals surface area contributed by atoms with Crippen LogP contribution in [0.5, 0.6) is 0 Å². The monoisotopic (exact) mass is 189 g/mol. The first-order valence-electron chi connectivity index (χ1n) is 4.31. The number of carbonyl (C=O) groups excluding carboxylic acids is 1. The van der Waals surface area contributed by atoms with Gasteiger partial charge in [-0.3, -0.25) is 9.63 Å². The quantitative estimate of drug-likeness (QED) is 0.624. The number of hydroxylamine groups is 2. The Bertz CT molecular complexity index is 163. The van der Waals surface area contributed by atoms with Crippen LogP contribution < -0.4 is 0 Å². The van der Waals surface area contributed by atoms with Gasteiger partial charge in [-0.05, 0) is 20.8 Å². The van der Waals surface area contributed by atoms with Gasteiger partial charge in [-0.25, -0.2) is 5.06 Å². The van der Waals surface area contributed by atoms with Crippen LogP contribution in [0.15, 0.2) is 0 Å². The predicted octanol–water partition coefficient (Wildman–Crippen LogP) is 1.21. The Balaban J connectivity index is 3.60. The van der Waals surface area contributed by atoms with Crippen molar-refractivity contribution in [2.45, 2.75) is 32.8 Å². The van der Waals surface area contributed by atoms with Gasteiger partial charge in [0.15, 0.2) is 0 Å². The van der Waals surface area contributed by atoms with Crippen LogP contribution in [0.4, 0.5) is 0 Å². The zero-order valence-electron chi connectivity index (χ0n) is 9.09. The van der Waals surface area contributed by atoms with Crippen LogP contribution in [-0.4, -0.2) is 37.3 Å². The summed E-state index contributed by atoms with van der Waals surface area (Å²) in [7, 11) is 3.04. The first-order chi connectivity index (χ1) is 5.87. The van der Waals surface area contributed by atoms with E-state index in [0.717, 1.165) is 0 Å². The number of rotatable bonds is 4. The van der Waals surface area contributed by atoms with Gasteiger partial charge in [0.2, 0.25) is 5.91 Å². The number of ether oxygens (including phenoxy) is 1. The van der Waals surface area contributed by atoms with Crippen molar-refractivity contribution >= 4 is 5.91 Å². The lowest BCUT2D eigenvalue weighted by Crippen LogP contribution is -2.28. The van der Waals surface area contributed by atoms with E-state index in [1.54, 1.807) is 7.05 Å². The van der Waals surface area contributed by atoms with Crippen molar-refractivity contribution in [2.24, 2.45) is 0 Å². The minimum absolute atomic E-state index is 0.0771. The Kier molecular flexibility index (Phi) is 4.95. The Labute approximate surface area is 79.8 Å². The molecule has 0 atom stereocenters. The van der Waals surface area contributed by atoms with E-state index in [-0.39, 0.29) is 11.5 Å². The summed E-state index contributed by atoms with van der Waals surface area (Å²) in [4.78, 5) is 15.9. The van der Waals surface area contributed by atoms with Crippen molar-refractivity contribution < 1.29 is 14.4 Å². The minimum Gasteiger partial charge on any atom is -0.375 e. The highest BCUT2D eigenvalue weighted by molar-refractivity contribution is 5.74. The first kappa shape index (κ1) is 12.4. The summed E-state index contributed by atoms with van der Waals surface area (Å²) in [6, 6.07) is 0. The lowest BCUT2D eigenvalue weighted by molar-refractivity contribution is -0.170. The third-order valence-electron chi connectivity index (χ3n) is 1.48. The third-order valence-corrected chi connectivity index (χ3v) is 1.48. The number of hydrogen-bond acceptors (Lipinski definition) is 3. The van der Waals surface area contributed by atoms with Gasteiger partial charge in [-0.1, -0.05) is 0 Å². The zero-order valence-corrected chi connectivity index (χ0v) is 9.09. The predicted molar refractivity (Wildman–Crippen MR) is 50.1 cm³/mol. The largest absolute Gasteiger partial charge is 0.375 e. The van der Waals surface area contributed by atoms with Gasteiger partial charge >= 0.3 is 0 Å². The fraction of sp³-hybridized carbons (Fsp3) is 0.889. The van der Waals surface area contributed by atoms with Crippen LogP contribution in [0, 0.1) is 0 Å². The molecule has 0 saturated heterocycles. The molecule has 0 rings (SSSR count). The second kappa shape index (κ2) is 5.19. The molecule has 0 aliphatic carbocycles. The Hall–Kier alpha value is -0.610. The zero-order chi connectivity index (χ0) is 10.5. The van der Waals surface area contributed by atoms with Crippen LogP contribution in [0.2, 0.25) is 0 Å². The maximum Gasteiger partial charge on any atom is 0.248 e. The summed E-state index contributed by atoms with van der Waals surface area (Å²) < 4.78 is 5.39. The summed E-state index contributed by atoms with van der Waals surface area (Å²) in [5.41, 5.74) is -0.189. The van der Waals surface area contributed by atoms with Crippen LogP contribution in [0.3, 0.4) is 0 Å². The molecule has 0 saturated carbocycles. The van der Waals surface area contributed by atoms with E-state index in [1.807, 2.05) is 20.8 Å². The van der Waals surface area contributed by atoms with E-state index in [0.29, 0.717) is 13.0 Å². The highest BCUT2D eigenvalue weighted by Gasteiger charge is 2.12. The summed E-state index contributed by atoms with van der Waals surface area (Å²) in [6.07, 6.45) is 0.349. The molecule has 78 valence electrons. The second-order valence-corrected chi connectivity index (χ2v) is 3.78. The van der Waals surface area contributed by atoms with E-state index in [4.69, 9.17) is 9.57 Å². The lowest BCUT2D eigenvalue weighted by Gasteiger charge is -2.20. The molecule has 4 heteroatoms. The molecule has 0 unspecified atom stereocenters. The van der Waals surface area contributed by atoms with Crippen molar-refractivity contribution in [3.05, 3.63) is 0 Å². The molecular formula is C9H19NO3. The summed E-state index contributed by atoms with van der Waals surface area (Å²) in [5, 5.41) is 1.20. The van der Waals surface area contributed by atoms with Crippen LogP contribution in [0.1, 0.15) is 27.2 Å². The maximum atomic E-state index is 11.2. The van der Waals surface area contributed by atoms with Gasteiger partial charge < -0.3 is 4.74 Å². The molecule has 0 aromatic carbocycles. The van der Waals surface area contributed by atoms with Crippen LogP contribution >= 0.6 is 0 Å². The minimum atomic E-state index is -0.189. The van der Waals surface area contributed by atoms with Gasteiger partial charge in [-0.2, -0.15) is 0 Å². The van der Waals surface area contributed by atoms with Crippen molar-refractivity contribution in [2.75, 3.05) is 20.8 Å². The fourth-order valence-electron chi connectivity index (χ4n) is 0.704. The molecule has 0 aromatic rings. The third kappa shape index (κ3) is 6.54. The molecule has 0 N–H and O–H groups in total. The summed E-state index contributed by atoms with van der Waals surface area (Å²) in [6.45, 7) is 6.29. The molecule has 0 heterocycles. The Morgan fingerprint density at radius 1 is 1.38 bits per heavy atom. The van der Waals surface area contributed by atoms with Gasteiger partial charge in [0.25, 0.3) is 0 Å². The smallest absolute Gasteiger partial charge is 0.248 e. The molecule has 0 bridgehead atoms. The average molecular weight is 189 g/mol. The van der Waals surface area contributed by atoms with E-state index in [1.165, 1.54) is 12.2 Å². The number of nitrogens with zero attached hydrogens (tertiary/aromatic N) is 1. The van der Waals surface area contributed by atoms with Crippen LogP contribution in [-0.2, 0) is 14.4 Å². The molecule has 0 aliphatic rings. The first-order valence-corrected chi connectivity index (χ1v) is 4.31. The highest BCUT2D eigenvalue weighted by Crippen LogP contribution is 2.07. The molecule has 0 aliphatic heterocycles. The van der Waals surface area contributed by atoms with Gasteiger partial charge in [-0.15, -0.1) is 0 Å². The van der Waals surface area contributed by atoms with E-state index < -0.39 is 0 Å². The SMILES string of the molecule is CON(C)C(=O)CCOC(C)(C)C. The lowest BCUT2D eigenvalue weighted by atomic mass is 10.2. The molecule has 0 radical (unpaired) electrons. The fourth-order valence-corrected chi connectivity index (χ4v) is 0.704. The number of hydrogen-bond donors (Lipinski definition) is 0. The van der Waals surface area contributed by atoms with Crippen molar-refractivity contribution in [1.29, 1.82) is 0 Å². The number of amides is 1. The van der Waals surface area contributed by atoms with Crippen LogP contribution in [0.25, 0.3) is 0 Å². The number of carbonyl (C=O) groups is 1. The standard InChI is InChI=1S/C9H19NO3/c1-9(2,3)13-7-6-8(11)10(4)12-5/h6-7H2,1-5H3. The molecule has 0 spiro atoms. The molecule has 4 nitrogen and oxygen atoms in total. The Morgan fingerprint density at radius 3 is 2.31 bits per heavy atom. The van der Waals surface area contributed by atoms with Crippen molar-refractivity contribution in [3.63, 3.8) is 0 Å². The van der Waals surface area contributed by atoms with Gasteiger partial charge in [0.1, 0.15) is 0 Å². The topological polar surface area (TPSA) is 38.8 Å². The van der Waals surface area contributed by atoms with E-state index in [9.17, 15) is 4.79 Å². The summed E-state index contributed by atoms with van der Waals surface area (Å²) in [5.74, 6) is -0.0771. The Morgan fingerprint density at radius 2 is 1.92 bits per heavy atom. The molecular weight excluding hydrogens is 170 g/mol. The van der Waals surface area contributed by atoms with Crippen molar-refractivity contribution in [1.82, 2.24) is 5.06 Å². The van der Waals surface area contributed by atoms with Crippen molar-refractivity contribution in [3.8, 4) is 0 Å². The average Bonchev–Trinajstić information content (AvgIpc) is 2.00. The molecule has 1 amide bonds. The summed E-state index contributed by atoms with van der Waals surface area (Å²) >= 11 is 0. The van der Waals surface area contributed by atoms with E-state index in [2.05, 4.69) is 0 Å². The second-order valence-electron chi connectivity index (χ2n) is 3.78. The highest BCUT2D eigenvalue weighted by atomic mass is 16.7.